The van der Waals surface area contributed by atoms with E-state index in [1.165, 1.54) is 0 Å². The molecular weight excluding hydrogens is 426 g/mol. The molecule has 2 atom stereocenters. The first-order valence-corrected chi connectivity index (χ1v) is 10.2. The number of aromatic nitrogens is 3. The number of nitrogens with zero attached hydrogens (tertiary/aromatic N) is 5. The number of rotatable bonds is 2. The second kappa shape index (κ2) is 7.02. The van der Waals surface area contributed by atoms with Gasteiger partial charge in [-0.1, -0.05) is 0 Å². The van der Waals surface area contributed by atoms with Crippen LogP contribution in [-0.2, 0) is 4.74 Å². The summed E-state index contributed by atoms with van der Waals surface area (Å²) < 4.78 is 11.8. The molecule has 0 aromatic carbocycles. The second-order valence-corrected chi connectivity index (χ2v) is 9.15. The van der Waals surface area contributed by atoms with Crippen LogP contribution in [0, 0.1) is 0 Å². The Balaban J connectivity index is 1.64. The molecule has 2 saturated heterocycles. The molecule has 2 aliphatic heterocycles. The fourth-order valence-electron chi connectivity index (χ4n) is 3.96. The van der Waals surface area contributed by atoms with Crippen LogP contribution in [-0.4, -0.2) is 63.8 Å². The van der Waals surface area contributed by atoms with Gasteiger partial charge >= 0.3 is 12.1 Å². The largest absolute Gasteiger partial charge is 0.467 e. The van der Waals surface area contributed by atoms with Crippen molar-refractivity contribution in [2.75, 3.05) is 25.1 Å². The van der Waals surface area contributed by atoms with Crippen molar-refractivity contribution in [2.45, 2.75) is 51.3 Å². The zero-order valence-corrected chi connectivity index (χ0v) is 18.1. The summed E-state index contributed by atoms with van der Waals surface area (Å²) in [6.07, 6.45) is 3.43. The van der Waals surface area contributed by atoms with Crippen LogP contribution in [0.25, 0.3) is 11.0 Å². The maximum absolute atomic E-state index is 12.7. The third-order valence-electron chi connectivity index (χ3n) is 5.03. The van der Waals surface area contributed by atoms with Gasteiger partial charge in [-0.25, -0.2) is 9.78 Å². The molecule has 2 unspecified atom stereocenters. The van der Waals surface area contributed by atoms with Gasteiger partial charge in [-0.2, -0.15) is 9.97 Å². The number of hydrogen-bond acceptors (Lipinski definition) is 7. The Morgan fingerprint density at radius 1 is 1.21 bits per heavy atom. The average Bonchev–Trinajstić information content (AvgIpc) is 2.89. The third-order valence-corrected chi connectivity index (χ3v) is 5.47. The van der Waals surface area contributed by atoms with Crippen molar-refractivity contribution in [1.82, 2.24) is 19.9 Å². The van der Waals surface area contributed by atoms with Crippen LogP contribution in [0.4, 0.5) is 10.6 Å². The van der Waals surface area contributed by atoms with Crippen molar-refractivity contribution in [3.05, 3.63) is 16.7 Å². The Morgan fingerprint density at radius 3 is 2.50 bits per heavy atom. The van der Waals surface area contributed by atoms with Crippen molar-refractivity contribution in [3.63, 3.8) is 0 Å². The molecule has 2 aliphatic rings. The topological polar surface area (TPSA) is 80.7 Å². The molecule has 0 aliphatic carbocycles. The van der Waals surface area contributed by atoms with E-state index in [-0.39, 0.29) is 18.2 Å². The lowest BCUT2D eigenvalue weighted by atomic mass is 10.2. The normalized spacial score (nSPS) is 21.9. The monoisotopic (exact) mass is 449 g/mol. The number of anilines is 1. The van der Waals surface area contributed by atoms with Crippen molar-refractivity contribution in [3.8, 4) is 6.01 Å². The van der Waals surface area contributed by atoms with Crippen molar-refractivity contribution in [2.24, 2.45) is 0 Å². The number of methoxy groups -OCH3 is 1. The summed E-state index contributed by atoms with van der Waals surface area (Å²) in [6, 6.07) is 2.41. The number of ether oxygens (including phenoxy) is 2. The standard InChI is InChI=1S/C19H24BrN5O3/c1-19(2,3)28-18(26)25-12-5-6-13(25)10-24(9-12)16-15-14(7-11(20)8-21-15)22-17(23-16)27-4/h7-8,12-13H,5-6,9-10H2,1-4H3. The Kier molecular flexibility index (Phi) is 4.81. The Labute approximate surface area is 172 Å². The van der Waals surface area contributed by atoms with E-state index in [0.29, 0.717) is 19.1 Å². The number of hydrogen-bond donors (Lipinski definition) is 0. The van der Waals surface area contributed by atoms with E-state index in [9.17, 15) is 4.79 Å². The Morgan fingerprint density at radius 2 is 1.89 bits per heavy atom. The van der Waals surface area contributed by atoms with Gasteiger partial charge in [0.15, 0.2) is 5.82 Å². The number of fused-ring (bicyclic) bond motifs is 3. The highest BCUT2D eigenvalue weighted by atomic mass is 79.9. The first kappa shape index (κ1) is 19.2. The lowest BCUT2D eigenvalue weighted by molar-refractivity contribution is 0.0123. The molecule has 28 heavy (non-hydrogen) atoms. The van der Waals surface area contributed by atoms with Gasteiger partial charge in [-0.3, -0.25) is 4.90 Å². The molecule has 1 amide bonds. The van der Waals surface area contributed by atoms with E-state index < -0.39 is 5.60 Å². The van der Waals surface area contributed by atoms with E-state index in [2.05, 4.69) is 35.8 Å². The van der Waals surface area contributed by atoms with E-state index in [1.54, 1.807) is 13.3 Å². The Bertz CT molecular complexity index is 902. The van der Waals surface area contributed by atoms with Crippen LogP contribution in [0.5, 0.6) is 6.01 Å². The van der Waals surface area contributed by atoms with Gasteiger partial charge in [0, 0.05) is 23.8 Å². The zero-order chi connectivity index (χ0) is 20.1. The summed E-state index contributed by atoms with van der Waals surface area (Å²) in [4.78, 5) is 30.3. The number of carbonyl (C=O) groups is 1. The molecular formula is C19H24BrN5O3. The summed E-state index contributed by atoms with van der Waals surface area (Å²) in [6.45, 7) is 7.05. The first-order valence-electron chi connectivity index (χ1n) is 9.39. The molecule has 4 rings (SSSR count). The SMILES string of the molecule is COc1nc(N2CC3CCC(C2)N3C(=O)OC(C)(C)C)c2ncc(Br)cc2n1. The van der Waals surface area contributed by atoms with Crippen LogP contribution < -0.4 is 9.64 Å². The summed E-state index contributed by atoms with van der Waals surface area (Å²) in [7, 11) is 1.56. The highest BCUT2D eigenvalue weighted by molar-refractivity contribution is 9.10. The minimum absolute atomic E-state index is 0.0973. The molecule has 2 aromatic rings. The fourth-order valence-corrected chi connectivity index (χ4v) is 4.28. The molecule has 2 aromatic heterocycles. The maximum atomic E-state index is 12.7. The highest BCUT2D eigenvalue weighted by Crippen LogP contribution is 2.35. The molecule has 0 spiro atoms. The van der Waals surface area contributed by atoms with Crippen molar-refractivity contribution in [1.29, 1.82) is 0 Å². The summed E-state index contributed by atoms with van der Waals surface area (Å²) in [5.41, 5.74) is 0.952. The number of piperazine rings is 1. The molecule has 9 heteroatoms. The molecule has 0 N–H and O–H groups in total. The maximum Gasteiger partial charge on any atom is 0.410 e. The van der Waals surface area contributed by atoms with Gasteiger partial charge in [-0.05, 0) is 55.6 Å². The van der Waals surface area contributed by atoms with Gasteiger partial charge in [0.2, 0.25) is 0 Å². The molecule has 2 bridgehead atoms. The van der Waals surface area contributed by atoms with Crippen molar-refractivity contribution >= 4 is 38.9 Å². The summed E-state index contributed by atoms with van der Waals surface area (Å²) >= 11 is 3.44. The van der Waals surface area contributed by atoms with Gasteiger partial charge in [0.05, 0.1) is 24.7 Å². The summed E-state index contributed by atoms with van der Waals surface area (Å²) in [5.74, 6) is 0.745. The Hall–Kier alpha value is -2.16. The minimum atomic E-state index is -0.499. The average molecular weight is 450 g/mol. The summed E-state index contributed by atoms with van der Waals surface area (Å²) in [5, 5.41) is 0. The highest BCUT2D eigenvalue weighted by Gasteiger charge is 2.45. The van der Waals surface area contributed by atoms with Crippen LogP contribution in [0.1, 0.15) is 33.6 Å². The third kappa shape index (κ3) is 3.59. The van der Waals surface area contributed by atoms with E-state index in [1.807, 2.05) is 31.7 Å². The van der Waals surface area contributed by atoms with Crippen LogP contribution in [0.2, 0.25) is 0 Å². The zero-order valence-electron chi connectivity index (χ0n) is 16.5. The molecule has 8 nitrogen and oxygen atoms in total. The predicted octanol–water partition coefficient (Wildman–Crippen LogP) is 3.38. The van der Waals surface area contributed by atoms with Crippen LogP contribution in [0.3, 0.4) is 0 Å². The van der Waals surface area contributed by atoms with E-state index >= 15 is 0 Å². The van der Waals surface area contributed by atoms with Crippen LogP contribution >= 0.6 is 15.9 Å². The fraction of sp³-hybridized carbons (Fsp3) is 0.579. The second-order valence-electron chi connectivity index (χ2n) is 8.23. The smallest absolute Gasteiger partial charge is 0.410 e. The lowest BCUT2D eigenvalue weighted by Gasteiger charge is -2.41. The van der Waals surface area contributed by atoms with Gasteiger partial charge < -0.3 is 14.4 Å². The van der Waals surface area contributed by atoms with Crippen molar-refractivity contribution < 1.29 is 14.3 Å². The van der Waals surface area contributed by atoms with Crippen LogP contribution in [0.15, 0.2) is 16.7 Å². The number of amides is 1. The molecule has 0 radical (unpaired) electrons. The number of pyridine rings is 1. The number of carbonyl (C=O) groups excluding carboxylic acids is 1. The first-order chi connectivity index (χ1) is 13.2. The lowest BCUT2D eigenvalue weighted by Crippen LogP contribution is -2.57. The number of halogens is 1. The quantitative estimate of drug-likeness (QED) is 0.694. The van der Waals surface area contributed by atoms with Gasteiger partial charge in [0.1, 0.15) is 11.1 Å². The molecule has 150 valence electrons. The minimum Gasteiger partial charge on any atom is -0.467 e. The molecule has 2 fully saturated rings. The van der Waals surface area contributed by atoms with E-state index in [4.69, 9.17) is 9.47 Å². The van der Waals surface area contributed by atoms with Gasteiger partial charge in [-0.15, -0.1) is 0 Å². The predicted molar refractivity (Wildman–Crippen MR) is 109 cm³/mol. The molecule has 4 heterocycles. The van der Waals surface area contributed by atoms with Gasteiger partial charge in [0.25, 0.3) is 0 Å². The molecule has 0 saturated carbocycles. The van der Waals surface area contributed by atoms with E-state index in [0.717, 1.165) is 34.2 Å².